The van der Waals surface area contributed by atoms with E-state index >= 15 is 0 Å². The van der Waals surface area contributed by atoms with Crippen molar-refractivity contribution in [3.05, 3.63) is 9.49 Å². The van der Waals surface area contributed by atoms with E-state index in [0.29, 0.717) is 8.68 Å². The zero-order chi connectivity index (χ0) is 9.84. The molecule has 7 heteroatoms. The Hall–Kier alpha value is 0.580. The maximum Gasteiger partial charge on any atom is 0.253 e. The van der Waals surface area contributed by atoms with E-state index in [4.69, 9.17) is 23.2 Å². The highest BCUT2D eigenvalue weighted by atomic mass is 35.5. The predicted octanol–water partition coefficient (Wildman–Crippen LogP) is 4.42. The largest absolute Gasteiger partial charge is 0.274 e. The highest BCUT2D eigenvalue weighted by Gasteiger charge is 2.11. The van der Waals surface area contributed by atoms with Crippen LogP contribution in [0.4, 0.5) is 4.79 Å². The molecule has 1 rings (SSSR count). The van der Waals surface area contributed by atoms with Crippen molar-refractivity contribution in [2.75, 3.05) is 5.75 Å². The molecule has 1 aromatic rings. The second-order valence-electron chi connectivity index (χ2n) is 1.83. The fraction of sp³-hybridized carbons (Fsp3) is 0.333. The molecule has 0 N–H and O–H groups in total. The zero-order valence-electron chi connectivity index (χ0n) is 6.54. The topological polar surface area (TPSA) is 30.0 Å². The van der Waals surface area contributed by atoms with Crippen LogP contribution in [0.2, 0.25) is 9.49 Å². The van der Waals surface area contributed by atoms with E-state index in [-0.39, 0.29) is 9.60 Å². The van der Waals surface area contributed by atoms with Gasteiger partial charge in [-0.1, -0.05) is 53.2 Å². The molecular formula is C6H5Cl2NOS3. The lowest BCUT2D eigenvalue weighted by Gasteiger charge is -1.91. The third-order valence-electron chi connectivity index (χ3n) is 0.961. The van der Waals surface area contributed by atoms with Gasteiger partial charge in [-0.3, -0.25) is 4.79 Å². The molecule has 0 bridgehead atoms. The fourth-order valence-corrected chi connectivity index (χ4v) is 3.79. The second kappa shape index (κ2) is 5.46. The summed E-state index contributed by atoms with van der Waals surface area (Å²) in [6, 6.07) is 0. The standard InChI is InChI=1S/C6H5Cl2NOS3/c1-2-11-6(10)13-5-9-3(7)4(8)12-5/h2H2,1H3. The lowest BCUT2D eigenvalue weighted by Crippen LogP contribution is -1.80. The Morgan fingerprint density at radius 3 is 2.77 bits per heavy atom. The van der Waals surface area contributed by atoms with Crippen molar-refractivity contribution in [2.45, 2.75) is 11.3 Å². The first-order valence-corrected chi connectivity index (χ1v) is 6.67. The first-order chi connectivity index (χ1) is 6.13. The summed E-state index contributed by atoms with van der Waals surface area (Å²) in [4.78, 5) is 15.1. The van der Waals surface area contributed by atoms with E-state index in [0.717, 1.165) is 17.5 Å². The van der Waals surface area contributed by atoms with Gasteiger partial charge in [0.1, 0.15) is 4.34 Å². The number of hydrogen-bond acceptors (Lipinski definition) is 5. The lowest BCUT2D eigenvalue weighted by molar-refractivity contribution is 0.276. The molecule has 0 aromatic carbocycles. The van der Waals surface area contributed by atoms with Gasteiger partial charge < -0.3 is 0 Å². The van der Waals surface area contributed by atoms with Gasteiger partial charge in [0.25, 0.3) is 4.45 Å². The van der Waals surface area contributed by atoms with Crippen LogP contribution in [0, 0.1) is 0 Å². The first-order valence-electron chi connectivity index (χ1n) is 3.30. The van der Waals surface area contributed by atoms with Crippen molar-refractivity contribution in [3.8, 4) is 0 Å². The van der Waals surface area contributed by atoms with Crippen molar-refractivity contribution in [2.24, 2.45) is 0 Å². The summed E-state index contributed by atoms with van der Waals surface area (Å²) >= 11 is 14.8. The number of halogens is 2. The molecule has 0 unspecified atom stereocenters. The van der Waals surface area contributed by atoms with Gasteiger partial charge in [0.15, 0.2) is 9.49 Å². The molecule has 0 atom stereocenters. The van der Waals surface area contributed by atoms with Gasteiger partial charge in [0.05, 0.1) is 0 Å². The van der Waals surface area contributed by atoms with E-state index in [9.17, 15) is 4.79 Å². The molecule has 0 saturated carbocycles. The summed E-state index contributed by atoms with van der Waals surface area (Å²) < 4.78 is 1.05. The Morgan fingerprint density at radius 1 is 1.62 bits per heavy atom. The molecule has 0 radical (unpaired) electrons. The summed E-state index contributed by atoms with van der Waals surface area (Å²) in [5.41, 5.74) is 0. The minimum absolute atomic E-state index is 0.0181. The van der Waals surface area contributed by atoms with Crippen molar-refractivity contribution in [3.63, 3.8) is 0 Å². The molecule has 0 aliphatic carbocycles. The highest BCUT2D eigenvalue weighted by molar-refractivity contribution is 8.39. The number of aromatic nitrogens is 1. The van der Waals surface area contributed by atoms with Crippen LogP contribution in [0.3, 0.4) is 0 Å². The van der Waals surface area contributed by atoms with E-state index in [1.165, 1.54) is 23.1 Å². The maximum absolute atomic E-state index is 11.1. The molecular weight excluding hydrogens is 269 g/mol. The molecule has 1 heterocycles. The molecule has 2 nitrogen and oxygen atoms in total. The average molecular weight is 274 g/mol. The fourth-order valence-electron chi connectivity index (χ4n) is 0.528. The van der Waals surface area contributed by atoms with Crippen molar-refractivity contribution >= 4 is 62.5 Å². The quantitative estimate of drug-likeness (QED) is 0.747. The molecule has 13 heavy (non-hydrogen) atoms. The molecule has 1 aromatic heterocycles. The number of carbonyl (C=O) groups is 1. The molecule has 72 valence electrons. The lowest BCUT2D eigenvalue weighted by atomic mass is 11.0. The number of thioether (sulfide) groups is 2. The van der Waals surface area contributed by atoms with Crippen LogP contribution < -0.4 is 0 Å². The monoisotopic (exact) mass is 273 g/mol. The number of nitrogens with zero attached hydrogens (tertiary/aromatic N) is 1. The Morgan fingerprint density at radius 2 is 2.31 bits per heavy atom. The SMILES string of the molecule is CCSC(=O)Sc1nc(Cl)c(Cl)s1. The maximum atomic E-state index is 11.1. The molecule has 0 amide bonds. The Bertz CT molecular complexity index is 295. The number of hydrogen-bond donors (Lipinski definition) is 0. The third kappa shape index (κ3) is 3.67. The normalized spacial score (nSPS) is 10.4. The molecule has 0 aliphatic rings. The van der Waals surface area contributed by atoms with Crippen LogP contribution in [-0.2, 0) is 0 Å². The summed E-state index contributed by atoms with van der Waals surface area (Å²) in [5, 5.41) is 0.267. The predicted molar refractivity (Wildman–Crippen MR) is 61.5 cm³/mol. The van der Waals surface area contributed by atoms with Crippen LogP contribution in [0.1, 0.15) is 6.92 Å². The zero-order valence-corrected chi connectivity index (χ0v) is 10.5. The minimum atomic E-state index is 0.0181. The van der Waals surface area contributed by atoms with Gasteiger partial charge in [-0.15, -0.1) is 0 Å². The van der Waals surface area contributed by atoms with Gasteiger partial charge in [-0.25, -0.2) is 4.98 Å². The second-order valence-corrected chi connectivity index (χ2v) is 6.50. The number of thiazole rings is 1. The van der Waals surface area contributed by atoms with Crippen LogP contribution in [0.25, 0.3) is 0 Å². The van der Waals surface area contributed by atoms with Gasteiger partial charge in [0.2, 0.25) is 0 Å². The van der Waals surface area contributed by atoms with Crippen LogP contribution in [0.15, 0.2) is 4.34 Å². The van der Waals surface area contributed by atoms with Crippen molar-refractivity contribution in [1.82, 2.24) is 4.98 Å². The van der Waals surface area contributed by atoms with Gasteiger partial charge in [-0.2, -0.15) is 0 Å². The average Bonchev–Trinajstić information content (AvgIpc) is 2.31. The first kappa shape index (κ1) is 11.7. The van der Waals surface area contributed by atoms with Crippen LogP contribution in [-0.4, -0.2) is 15.2 Å². The number of carbonyl (C=O) groups excluding carboxylic acids is 1. The van der Waals surface area contributed by atoms with Crippen molar-refractivity contribution < 1.29 is 4.79 Å². The van der Waals surface area contributed by atoms with E-state index in [1.54, 1.807) is 0 Å². The Labute approximate surface area is 98.4 Å². The smallest absolute Gasteiger partial charge is 0.253 e. The van der Waals surface area contributed by atoms with Crippen LogP contribution >= 0.6 is 58.1 Å². The Balaban J connectivity index is 2.59. The molecule has 0 spiro atoms. The van der Waals surface area contributed by atoms with Crippen LogP contribution in [0.5, 0.6) is 0 Å². The number of rotatable bonds is 2. The highest BCUT2D eigenvalue weighted by Crippen LogP contribution is 2.36. The van der Waals surface area contributed by atoms with E-state index in [1.807, 2.05) is 6.92 Å². The molecule has 0 aliphatic heterocycles. The molecule has 0 saturated heterocycles. The third-order valence-corrected chi connectivity index (χ3v) is 4.55. The minimum Gasteiger partial charge on any atom is -0.274 e. The van der Waals surface area contributed by atoms with Gasteiger partial charge in [-0.05, 0) is 17.5 Å². The van der Waals surface area contributed by atoms with E-state index < -0.39 is 0 Å². The molecule has 0 fully saturated rings. The summed E-state index contributed by atoms with van der Waals surface area (Å²) in [6.07, 6.45) is 0. The van der Waals surface area contributed by atoms with Gasteiger partial charge in [0, 0.05) is 0 Å². The summed E-state index contributed by atoms with van der Waals surface area (Å²) in [7, 11) is 0. The summed E-state index contributed by atoms with van der Waals surface area (Å²) in [5.74, 6) is 0.763. The Kier molecular flexibility index (Phi) is 4.89. The summed E-state index contributed by atoms with van der Waals surface area (Å²) in [6.45, 7) is 1.92. The van der Waals surface area contributed by atoms with Gasteiger partial charge >= 0.3 is 0 Å². The van der Waals surface area contributed by atoms with E-state index in [2.05, 4.69) is 4.98 Å². The van der Waals surface area contributed by atoms with Crippen molar-refractivity contribution in [1.29, 1.82) is 0 Å².